The van der Waals surface area contributed by atoms with E-state index >= 15 is 0 Å². The number of rotatable bonds is 6. The number of fused-ring (bicyclic) bond motifs is 3. The van der Waals surface area contributed by atoms with E-state index < -0.39 is 0 Å². The van der Waals surface area contributed by atoms with Crippen LogP contribution in [0.4, 0.5) is 17.2 Å². The molecule has 0 aliphatic carbocycles. The van der Waals surface area contributed by atoms with Crippen molar-refractivity contribution in [2.75, 3.05) is 4.90 Å². The quantitative estimate of drug-likeness (QED) is 0.190. The number of para-hydroxylation sites is 1. The smallest absolute Gasteiger partial charge is 0.138 e. The Labute approximate surface area is 307 Å². The van der Waals surface area contributed by atoms with E-state index in [1.54, 1.807) is 0 Å². The molecule has 0 saturated heterocycles. The Morgan fingerprint density at radius 3 is 1.62 bits per heavy atom. The number of aromatic nitrogens is 2. The average molecular weight is 676 g/mol. The molecule has 1 N–H and O–H groups in total. The molecule has 8 aromatic rings. The molecule has 0 amide bonds. The summed E-state index contributed by atoms with van der Waals surface area (Å²) in [6.07, 6.45) is 0. The molecule has 0 unspecified atom stereocenters. The first kappa shape index (κ1) is 33.2. The van der Waals surface area contributed by atoms with Crippen LogP contribution in [0.25, 0.3) is 55.3 Å². The fourth-order valence-electron chi connectivity index (χ4n) is 7.11. The molecule has 0 aliphatic rings. The summed E-state index contributed by atoms with van der Waals surface area (Å²) >= 11 is 0. The lowest BCUT2D eigenvalue weighted by Gasteiger charge is -2.28. The maximum absolute atomic E-state index is 5.48. The summed E-state index contributed by atoms with van der Waals surface area (Å²) in [5, 5.41) is 2.47. The van der Waals surface area contributed by atoms with Gasteiger partial charge in [-0.1, -0.05) is 133 Å². The monoisotopic (exact) mass is 675 g/mol. The van der Waals surface area contributed by atoms with E-state index in [0.717, 1.165) is 50.6 Å². The first-order valence-corrected chi connectivity index (χ1v) is 18.2. The van der Waals surface area contributed by atoms with Gasteiger partial charge in [-0.15, -0.1) is 0 Å². The SMILES string of the molecule is CC(C)(C)c1ccc2[nH]c3c(N(c4ccccc4)c4cccc(-c5cc(-c6ccccc6)cc(-c6ccccc6)c5)n4)cc(C(C)(C)C)cc3c2c1. The molecule has 3 heteroatoms. The largest absolute Gasteiger partial charge is 0.353 e. The number of benzene rings is 6. The topological polar surface area (TPSA) is 31.9 Å². The van der Waals surface area contributed by atoms with Crippen molar-refractivity contribution < 1.29 is 0 Å². The standard InChI is InChI=1S/C49H45N3/c1-48(2,3)38-25-26-44-41(30-38)42-31-39(49(4,5)6)32-45(47(42)51-44)52(40-21-14-9-15-22-40)46-24-16-23-43(50-46)37-28-35(33-17-10-7-11-18-33)27-36(29-37)34-19-12-8-13-20-34/h7-32,51H,1-6H3. The highest BCUT2D eigenvalue weighted by atomic mass is 15.2. The van der Waals surface area contributed by atoms with Crippen molar-refractivity contribution in [3.63, 3.8) is 0 Å². The van der Waals surface area contributed by atoms with E-state index in [4.69, 9.17) is 4.98 Å². The highest BCUT2D eigenvalue weighted by Crippen LogP contribution is 2.44. The highest BCUT2D eigenvalue weighted by Gasteiger charge is 2.25. The maximum Gasteiger partial charge on any atom is 0.138 e. The van der Waals surface area contributed by atoms with Gasteiger partial charge in [-0.3, -0.25) is 4.90 Å². The van der Waals surface area contributed by atoms with Crippen molar-refractivity contribution in [2.45, 2.75) is 52.4 Å². The molecular weight excluding hydrogens is 631 g/mol. The van der Waals surface area contributed by atoms with Crippen LogP contribution in [-0.4, -0.2) is 9.97 Å². The van der Waals surface area contributed by atoms with Crippen LogP contribution in [0.1, 0.15) is 52.7 Å². The normalized spacial score (nSPS) is 12.0. The predicted molar refractivity (Wildman–Crippen MR) is 222 cm³/mol. The van der Waals surface area contributed by atoms with Gasteiger partial charge >= 0.3 is 0 Å². The lowest BCUT2D eigenvalue weighted by Crippen LogP contribution is -2.16. The Morgan fingerprint density at radius 1 is 0.462 bits per heavy atom. The molecule has 0 aliphatic heterocycles. The molecule has 0 bridgehead atoms. The number of hydrogen-bond donors (Lipinski definition) is 1. The summed E-state index contributed by atoms with van der Waals surface area (Å²) < 4.78 is 0. The lowest BCUT2D eigenvalue weighted by atomic mass is 9.84. The van der Waals surface area contributed by atoms with Gasteiger partial charge in [-0.25, -0.2) is 4.98 Å². The Kier molecular flexibility index (Phi) is 8.30. The summed E-state index contributed by atoms with van der Waals surface area (Å²) in [6, 6.07) is 56.7. The summed E-state index contributed by atoms with van der Waals surface area (Å²) in [6.45, 7) is 13.7. The van der Waals surface area contributed by atoms with Crippen LogP contribution in [0.3, 0.4) is 0 Å². The van der Waals surface area contributed by atoms with Gasteiger partial charge in [-0.05, 0) is 111 Å². The van der Waals surface area contributed by atoms with Crippen LogP contribution >= 0.6 is 0 Å². The fraction of sp³-hybridized carbons (Fsp3) is 0.163. The minimum Gasteiger partial charge on any atom is -0.353 e. The average Bonchev–Trinajstić information content (AvgIpc) is 3.54. The molecule has 0 radical (unpaired) electrons. The van der Waals surface area contributed by atoms with Gasteiger partial charge < -0.3 is 4.98 Å². The predicted octanol–water partition coefficient (Wildman–Crippen LogP) is 13.8. The summed E-state index contributed by atoms with van der Waals surface area (Å²) in [5.74, 6) is 0.858. The van der Waals surface area contributed by atoms with Crippen LogP contribution in [0.2, 0.25) is 0 Å². The molecule has 0 spiro atoms. The number of nitrogens with one attached hydrogen (secondary N) is 1. The molecule has 6 aromatic carbocycles. The van der Waals surface area contributed by atoms with Gasteiger partial charge in [0, 0.05) is 27.5 Å². The Balaban J connectivity index is 1.36. The molecule has 2 aromatic heterocycles. The van der Waals surface area contributed by atoms with E-state index in [1.165, 1.54) is 33.0 Å². The van der Waals surface area contributed by atoms with Crippen LogP contribution < -0.4 is 4.90 Å². The summed E-state index contributed by atoms with van der Waals surface area (Å²) in [7, 11) is 0. The molecule has 52 heavy (non-hydrogen) atoms. The number of aromatic amines is 1. The van der Waals surface area contributed by atoms with Gasteiger partial charge in [0.15, 0.2) is 0 Å². The van der Waals surface area contributed by atoms with E-state index in [2.05, 4.69) is 209 Å². The molecular formula is C49H45N3. The van der Waals surface area contributed by atoms with Crippen LogP contribution in [0.15, 0.2) is 158 Å². The van der Waals surface area contributed by atoms with Crippen LogP contribution in [0, 0.1) is 0 Å². The van der Waals surface area contributed by atoms with E-state index in [0.29, 0.717) is 0 Å². The van der Waals surface area contributed by atoms with Crippen molar-refractivity contribution in [1.29, 1.82) is 0 Å². The third kappa shape index (κ3) is 6.39. The maximum atomic E-state index is 5.48. The summed E-state index contributed by atoms with van der Waals surface area (Å²) in [4.78, 5) is 11.6. The first-order valence-electron chi connectivity index (χ1n) is 18.2. The second-order valence-corrected chi connectivity index (χ2v) is 15.9. The molecule has 0 saturated carbocycles. The second-order valence-electron chi connectivity index (χ2n) is 15.9. The fourth-order valence-corrected chi connectivity index (χ4v) is 7.11. The number of nitrogens with zero attached hydrogens (tertiary/aromatic N) is 2. The van der Waals surface area contributed by atoms with Gasteiger partial charge in [0.1, 0.15) is 5.82 Å². The van der Waals surface area contributed by atoms with Crippen molar-refractivity contribution in [3.8, 4) is 33.5 Å². The number of H-pyrrole nitrogens is 1. The zero-order valence-corrected chi connectivity index (χ0v) is 30.9. The number of anilines is 3. The molecule has 0 fully saturated rings. The van der Waals surface area contributed by atoms with Crippen molar-refractivity contribution in [1.82, 2.24) is 9.97 Å². The minimum absolute atomic E-state index is 0.0425. The highest BCUT2D eigenvalue weighted by molar-refractivity contribution is 6.13. The van der Waals surface area contributed by atoms with Crippen molar-refractivity contribution in [3.05, 3.63) is 169 Å². The van der Waals surface area contributed by atoms with Crippen molar-refractivity contribution >= 4 is 39.0 Å². The van der Waals surface area contributed by atoms with Gasteiger partial charge in [0.2, 0.25) is 0 Å². The van der Waals surface area contributed by atoms with Gasteiger partial charge in [0.25, 0.3) is 0 Å². The van der Waals surface area contributed by atoms with Crippen LogP contribution in [0.5, 0.6) is 0 Å². The van der Waals surface area contributed by atoms with E-state index in [9.17, 15) is 0 Å². The van der Waals surface area contributed by atoms with E-state index in [-0.39, 0.29) is 10.8 Å². The molecule has 0 atom stereocenters. The van der Waals surface area contributed by atoms with Gasteiger partial charge in [-0.2, -0.15) is 0 Å². The van der Waals surface area contributed by atoms with E-state index in [1.807, 2.05) is 0 Å². The third-order valence-electron chi connectivity index (χ3n) is 10.1. The zero-order valence-electron chi connectivity index (χ0n) is 30.9. The molecule has 256 valence electrons. The Morgan fingerprint density at radius 2 is 1.02 bits per heavy atom. The first-order chi connectivity index (χ1) is 25.0. The molecule has 3 nitrogen and oxygen atoms in total. The third-order valence-corrected chi connectivity index (χ3v) is 10.1. The zero-order chi connectivity index (χ0) is 36.0. The second kappa shape index (κ2) is 13.0. The Hall–Kier alpha value is -5.93. The Bertz CT molecular complexity index is 2460. The number of hydrogen-bond acceptors (Lipinski definition) is 2. The van der Waals surface area contributed by atoms with Crippen LogP contribution in [-0.2, 0) is 10.8 Å². The van der Waals surface area contributed by atoms with Crippen molar-refractivity contribution in [2.24, 2.45) is 0 Å². The minimum atomic E-state index is -0.0719. The summed E-state index contributed by atoms with van der Waals surface area (Å²) in [5.41, 5.74) is 13.6. The number of pyridine rings is 1. The molecule has 2 heterocycles. The lowest BCUT2D eigenvalue weighted by molar-refractivity contribution is 0.590. The van der Waals surface area contributed by atoms with Gasteiger partial charge in [0.05, 0.1) is 16.9 Å². The molecule has 8 rings (SSSR count).